The van der Waals surface area contributed by atoms with Crippen LogP contribution in [-0.4, -0.2) is 44.9 Å². The fourth-order valence-electron chi connectivity index (χ4n) is 2.94. The summed E-state index contributed by atoms with van der Waals surface area (Å²) in [4.78, 5) is 34.2. The Labute approximate surface area is 140 Å². The van der Waals surface area contributed by atoms with Crippen LogP contribution in [0.25, 0.3) is 11.4 Å². The highest BCUT2D eigenvalue weighted by Gasteiger charge is 2.29. The quantitative estimate of drug-likeness (QED) is 0.937. The summed E-state index contributed by atoms with van der Waals surface area (Å²) in [5, 5.41) is 9.16. The van der Waals surface area contributed by atoms with E-state index in [4.69, 9.17) is 5.11 Å². The molecule has 0 aliphatic carbocycles. The Morgan fingerprint density at radius 2 is 2.00 bits per heavy atom. The first-order chi connectivity index (χ1) is 11.6. The molecule has 0 bridgehead atoms. The summed E-state index contributed by atoms with van der Waals surface area (Å²) in [6.45, 7) is 2.59. The number of carboxylic acid groups (broad SMARTS) is 1. The number of likely N-dealkylation sites (tertiary alicyclic amines) is 1. The van der Waals surface area contributed by atoms with Crippen molar-refractivity contribution in [1.82, 2.24) is 14.9 Å². The normalized spacial score (nSPS) is 17.5. The fraction of sp³-hybridized carbons (Fsp3) is 0.333. The lowest BCUT2D eigenvalue weighted by Crippen LogP contribution is -2.42. The predicted octanol–water partition coefficient (Wildman–Crippen LogP) is 2.39. The molecule has 0 saturated carbocycles. The Balaban J connectivity index is 1.82. The number of hydrogen-bond donors (Lipinski definition) is 1. The van der Waals surface area contributed by atoms with Crippen molar-refractivity contribution in [3.05, 3.63) is 47.8 Å². The largest absolute Gasteiger partial charge is 0.481 e. The number of amides is 1. The standard InChI is InChI=1S/C18H19N3O3/c1-12-15(10-19-16(20-12)13-6-3-2-4-7-13)17(22)21-9-5-8-14(11-21)18(23)24/h2-4,6-7,10,14H,5,8-9,11H2,1H3,(H,23,24). The molecule has 1 N–H and O–H groups in total. The van der Waals surface area contributed by atoms with E-state index >= 15 is 0 Å². The summed E-state index contributed by atoms with van der Waals surface area (Å²) in [6, 6.07) is 9.57. The van der Waals surface area contributed by atoms with Crippen LogP contribution in [0.1, 0.15) is 28.9 Å². The molecule has 1 aromatic heterocycles. The number of aryl methyl sites for hydroxylation is 1. The predicted molar refractivity (Wildman–Crippen MR) is 88.5 cm³/mol. The Bertz CT molecular complexity index is 761. The van der Waals surface area contributed by atoms with Gasteiger partial charge in [-0.25, -0.2) is 9.97 Å². The van der Waals surface area contributed by atoms with Gasteiger partial charge in [-0.2, -0.15) is 0 Å². The van der Waals surface area contributed by atoms with Gasteiger partial charge in [0.05, 0.1) is 17.2 Å². The first kappa shape index (κ1) is 16.1. The van der Waals surface area contributed by atoms with Crippen LogP contribution >= 0.6 is 0 Å². The number of rotatable bonds is 3. The Morgan fingerprint density at radius 1 is 1.25 bits per heavy atom. The molecule has 1 atom stereocenters. The summed E-state index contributed by atoms with van der Waals surface area (Å²) in [5.74, 6) is -0.961. The lowest BCUT2D eigenvalue weighted by atomic mass is 9.97. The Hall–Kier alpha value is -2.76. The summed E-state index contributed by atoms with van der Waals surface area (Å²) >= 11 is 0. The van der Waals surface area contributed by atoms with Gasteiger partial charge in [0.25, 0.3) is 5.91 Å². The van der Waals surface area contributed by atoms with Crippen molar-refractivity contribution in [1.29, 1.82) is 0 Å². The molecule has 124 valence electrons. The van der Waals surface area contributed by atoms with Gasteiger partial charge in [-0.1, -0.05) is 30.3 Å². The van der Waals surface area contributed by atoms with E-state index in [-0.39, 0.29) is 12.5 Å². The molecule has 1 fully saturated rings. The van der Waals surface area contributed by atoms with E-state index in [1.54, 1.807) is 11.8 Å². The molecular weight excluding hydrogens is 306 g/mol. The number of carbonyl (C=O) groups excluding carboxylic acids is 1. The van der Waals surface area contributed by atoms with E-state index < -0.39 is 11.9 Å². The van der Waals surface area contributed by atoms with Crippen molar-refractivity contribution in [3.8, 4) is 11.4 Å². The number of carboxylic acids is 1. The minimum atomic E-state index is -0.847. The summed E-state index contributed by atoms with van der Waals surface area (Å²) in [6.07, 6.45) is 2.85. The van der Waals surface area contributed by atoms with Crippen LogP contribution in [0, 0.1) is 12.8 Å². The third kappa shape index (κ3) is 3.27. The first-order valence-electron chi connectivity index (χ1n) is 7.97. The van der Waals surface area contributed by atoms with E-state index in [0.717, 1.165) is 5.56 Å². The Morgan fingerprint density at radius 3 is 2.67 bits per heavy atom. The second-order valence-corrected chi connectivity index (χ2v) is 5.99. The van der Waals surface area contributed by atoms with Crippen LogP contribution in [0.4, 0.5) is 0 Å². The Kier molecular flexibility index (Phi) is 4.55. The third-order valence-corrected chi connectivity index (χ3v) is 4.30. The number of hydrogen-bond acceptors (Lipinski definition) is 4. The molecule has 1 aromatic carbocycles. The van der Waals surface area contributed by atoms with E-state index in [0.29, 0.717) is 36.5 Å². The minimum Gasteiger partial charge on any atom is -0.481 e. The van der Waals surface area contributed by atoms with Gasteiger partial charge in [-0.3, -0.25) is 9.59 Å². The second-order valence-electron chi connectivity index (χ2n) is 5.99. The lowest BCUT2D eigenvalue weighted by molar-refractivity contribution is -0.143. The van der Waals surface area contributed by atoms with Gasteiger partial charge in [0.15, 0.2) is 5.82 Å². The molecule has 1 unspecified atom stereocenters. The average molecular weight is 325 g/mol. The highest BCUT2D eigenvalue weighted by Crippen LogP contribution is 2.21. The van der Waals surface area contributed by atoms with E-state index in [2.05, 4.69) is 9.97 Å². The summed E-state index contributed by atoms with van der Waals surface area (Å²) in [7, 11) is 0. The van der Waals surface area contributed by atoms with E-state index in [9.17, 15) is 9.59 Å². The maximum absolute atomic E-state index is 12.7. The number of aliphatic carboxylic acids is 1. The number of nitrogens with zero attached hydrogens (tertiary/aromatic N) is 3. The molecular formula is C18H19N3O3. The maximum atomic E-state index is 12.7. The van der Waals surface area contributed by atoms with Crippen LogP contribution in [0.2, 0.25) is 0 Å². The van der Waals surface area contributed by atoms with Crippen LogP contribution in [0.5, 0.6) is 0 Å². The molecule has 2 aromatic rings. The van der Waals surface area contributed by atoms with Gasteiger partial charge in [-0.15, -0.1) is 0 Å². The molecule has 1 aliphatic rings. The molecule has 1 aliphatic heterocycles. The zero-order valence-electron chi connectivity index (χ0n) is 13.5. The zero-order valence-corrected chi connectivity index (χ0v) is 13.5. The number of carbonyl (C=O) groups is 2. The SMILES string of the molecule is Cc1nc(-c2ccccc2)ncc1C(=O)N1CCCC(C(=O)O)C1. The second kappa shape index (κ2) is 6.78. The molecule has 0 radical (unpaired) electrons. The van der Waals surface area contributed by atoms with E-state index in [1.807, 2.05) is 30.3 Å². The molecule has 1 saturated heterocycles. The highest BCUT2D eigenvalue weighted by molar-refractivity contribution is 5.95. The zero-order chi connectivity index (χ0) is 17.1. The lowest BCUT2D eigenvalue weighted by Gasteiger charge is -2.30. The minimum absolute atomic E-state index is 0.196. The van der Waals surface area contributed by atoms with Gasteiger partial charge < -0.3 is 10.0 Å². The van der Waals surface area contributed by atoms with Crippen LogP contribution in [0.15, 0.2) is 36.5 Å². The molecule has 3 rings (SSSR count). The monoisotopic (exact) mass is 325 g/mol. The molecule has 24 heavy (non-hydrogen) atoms. The van der Waals surface area contributed by atoms with Crippen molar-refractivity contribution in [2.75, 3.05) is 13.1 Å². The van der Waals surface area contributed by atoms with Crippen molar-refractivity contribution in [2.24, 2.45) is 5.92 Å². The van der Waals surface area contributed by atoms with Gasteiger partial charge in [0.2, 0.25) is 0 Å². The van der Waals surface area contributed by atoms with Crippen LogP contribution in [-0.2, 0) is 4.79 Å². The molecule has 2 heterocycles. The molecule has 6 nitrogen and oxygen atoms in total. The van der Waals surface area contributed by atoms with Crippen LogP contribution in [0.3, 0.4) is 0 Å². The number of benzene rings is 1. The molecule has 1 amide bonds. The van der Waals surface area contributed by atoms with Crippen molar-refractivity contribution in [2.45, 2.75) is 19.8 Å². The highest BCUT2D eigenvalue weighted by atomic mass is 16.4. The third-order valence-electron chi connectivity index (χ3n) is 4.30. The maximum Gasteiger partial charge on any atom is 0.308 e. The summed E-state index contributed by atoms with van der Waals surface area (Å²) in [5.41, 5.74) is 1.93. The van der Waals surface area contributed by atoms with Gasteiger partial charge in [0, 0.05) is 24.8 Å². The van der Waals surface area contributed by atoms with Crippen LogP contribution < -0.4 is 0 Å². The van der Waals surface area contributed by atoms with E-state index in [1.165, 1.54) is 6.20 Å². The molecule has 0 spiro atoms. The van der Waals surface area contributed by atoms with Crippen molar-refractivity contribution >= 4 is 11.9 Å². The van der Waals surface area contributed by atoms with Gasteiger partial charge >= 0.3 is 5.97 Å². The summed E-state index contributed by atoms with van der Waals surface area (Å²) < 4.78 is 0. The number of aromatic nitrogens is 2. The fourth-order valence-corrected chi connectivity index (χ4v) is 2.94. The topological polar surface area (TPSA) is 83.4 Å². The van der Waals surface area contributed by atoms with Crippen molar-refractivity contribution < 1.29 is 14.7 Å². The molecule has 6 heteroatoms. The first-order valence-corrected chi connectivity index (χ1v) is 7.97. The number of piperidine rings is 1. The smallest absolute Gasteiger partial charge is 0.308 e. The van der Waals surface area contributed by atoms with Gasteiger partial charge in [0.1, 0.15) is 0 Å². The van der Waals surface area contributed by atoms with Crippen molar-refractivity contribution in [3.63, 3.8) is 0 Å². The average Bonchev–Trinajstić information content (AvgIpc) is 2.62. The van der Waals surface area contributed by atoms with Gasteiger partial charge in [-0.05, 0) is 19.8 Å².